The fourth-order valence-corrected chi connectivity index (χ4v) is 1.65. The molecule has 0 aliphatic rings. The molecule has 0 aliphatic carbocycles. The van der Waals surface area contributed by atoms with Crippen LogP contribution in [0.15, 0.2) is 11.6 Å². The van der Waals surface area contributed by atoms with Gasteiger partial charge in [0.05, 0.1) is 18.4 Å². The number of carbonyl (C=O) groups excluding carboxylic acids is 1. The third-order valence-corrected chi connectivity index (χ3v) is 2.52. The maximum absolute atomic E-state index is 11.0. The van der Waals surface area contributed by atoms with Crippen molar-refractivity contribution < 1.29 is 4.79 Å². The monoisotopic (exact) mass is 223 g/mol. The molecule has 2 rings (SSSR count). The van der Waals surface area contributed by atoms with Gasteiger partial charge in [0.15, 0.2) is 10.9 Å². The van der Waals surface area contributed by atoms with Gasteiger partial charge >= 0.3 is 0 Å². The first-order valence-corrected chi connectivity index (χ1v) is 5.14. The summed E-state index contributed by atoms with van der Waals surface area (Å²) in [6, 6.07) is 0. The second-order valence-corrected chi connectivity index (χ2v) is 3.92. The highest BCUT2D eigenvalue weighted by molar-refractivity contribution is 7.13. The Labute approximate surface area is 89.7 Å². The molecule has 0 radical (unpaired) electrons. The third kappa shape index (κ3) is 2.18. The van der Waals surface area contributed by atoms with Crippen molar-refractivity contribution in [1.82, 2.24) is 20.0 Å². The minimum absolute atomic E-state index is 0.0981. The van der Waals surface area contributed by atoms with Crippen LogP contribution in [0.2, 0.25) is 0 Å². The Hall–Kier alpha value is -1.76. The molecule has 0 fully saturated rings. The van der Waals surface area contributed by atoms with Crippen molar-refractivity contribution in [3.63, 3.8) is 0 Å². The predicted molar refractivity (Wildman–Crippen MR) is 55.7 cm³/mol. The van der Waals surface area contributed by atoms with Crippen LogP contribution < -0.4 is 5.73 Å². The number of carbonyl (C=O) groups is 1. The average Bonchev–Trinajstić information content (AvgIpc) is 2.76. The molecule has 0 aliphatic heterocycles. The Balaban J connectivity index is 2.14. The van der Waals surface area contributed by atoms with Crippen LogP contribution in [0.4, 0.5) is 5.13 Å². The number of nitrogen functional groups attached to an aromatic ring is 1. The molecule has 2 heterocycles. The summed E-state index contributed by atoms with van der Waals surface area (Å²) >= 11 is 1.37. The van der Waals surface area contributed by atoms with E-state index in [9.17, 15) is 4.79 Å². The molecule has 0 amide bonds. The fourth-order valence-electron chi connectivity index (χ4n) is 1.10. The number of hydrogen-bond acceptors (Lipinski definition) is 6. The molecule has 0 atom stereocenters. The van der Waals surface area contributed by atoms with Gasteiger partial charge in [-0.05, 0) is 0 Å². The number of anilines is 1. The smallest absolute Gasteiger partial charge is 0.181 e. The quantitative estimate of drug-likeness (QED) is 0.768. The van der Waals surface area contributed by atoms with Crippen LogP contribution in [0.3, 0.4) is 0 Å². The van der Waals surface area contributed by atoms with Crippen molar-refractivity contribution >= 4 is 22.3 Å². The highest BCUT2D eigenvalue weighted by Gasteiger charge is 2.06. The number of aromatic nitrogens is 4. The maximum Gasteiger partial charge on any atom is 0.181 e. The van der Waals surface area contributed by atoms with Gasteiger partial charge in [0.1, 0.15) is 5.69 Å². The van der Waals surface area contributed by atoms with Crippen LogP contribution >= 0.6 is 11.3 Å². The molecule has 7 heteroatoms. The molecule has 2 aromatic heterocycles. The summed E-state index contributed by atoms with van der Waals surface area (Å²) in [6.45, 7) is 1.93. The van der Waals surface area contributed by atoms with Crippen LogP contribution in [-0.4, -0.2) is 25.8 Å². The first kappa shape index (κ1) is 9.78. The summed E-state index contributed by atoms with van der Waals surface area (Å²) in [4.78, 5) is 15.0. The maximum atomic E-state index is 11.0. The molecule has 78 valence electrons. The summed E-state index contributed by atoms with van der Waals surface area (Å²) in [7, 11) is 0. The SMILES string of the molecule is CC(=O)c1cn(Cc2csc(N)n2)nn1. The number of ketones is 1. The molecule has 0 bridgehead atoms. The molecular formula is C8H9N5OS. The Morgan fingerprint density at radius 1 is 1.67 bits per heavy atom. The topological polar surface area (TPSA) is 86.7 Å². The largest absolute Gasteiger partial charge is 0.375 e. The van der Waals surface area contributed by atoms with E-state index in [2.05, 4.69) is 15.3 Å². The molecule has 0 spiro atoms. The van der Waals surface area contributed by atoms with E-state index in [1.165, 1.54) is 18.3 Å². The molecule has 0 saturated carbocycles. The van der Waals surface area contributed by atoms with Gasteiger partial charge in [-0.1, -0.05) is 5.21 Å². The van der Waals surface area contributed by atoms with E-state index in [4.69, 9.17) is 5.73 Å². The lowest BCUT2D eigenvalue weighted by atomic mass is 10.3. The Morgan fingerprint density at radius 3 is 3.00 bits per heavy atom. The summed E-state index contributed by atoms with van der Waals surface area (Å²) in [5.74, 6) is -0.0981. The van der Waals surface area contributed by atoms with E-state index in [1.54, 1.807) is 10.9 Å². The van der Waals surface area contributed by atoms with E-state index in [0.29, 0.717) is 17.4 Å². The summed E-state index contributed by atoms with van der Waals surface area (Å²) in [5.41, 5.74) is 6.67. The molecule has 0 aromatic carbocycles. The standard InChI is InChI=1S/C8H9N5OS/c1-5(14)7-3-13(12-11-7)2-6-4-15-8(9)10-6/h3-4H,2H2,1H3,(H2,9,10). The van der Waals surface area contributed by atoms with E-state index < -0.39 is 0 Å². The van der Waals surface area contributed by atoms with Crippen molar-refractivity contribution in [3.8, 4) is 0 Å². The first-order valence-electron chi connectivity index (χ1n) is 4.26. The van der Waals surface area contributed by atoms with Crippen molar-refractivity contribution in [3.05, 3.63) is 23.0 Å². The lowest BCUT2D eigenvalue weighted by Gasteiger charge is -1.93. The molecular weight excluding hydrogens is 214 g/mol. The number of nitrogens with two attached hydrogens (primary N) is 1. The summed E-state index contributed by atoms with van der Waals surface area (Å²) in [6.07, 6.45) is 1.60. The van der Waals surface area contributed by atoms with Crippen LogP contribution in [0.25, 0.3) is 0 Å². The Bertz CT molecular complexity index is 489. The third-order valence-electron chi connectivity index (χ3n) is 1.79. The van der Waals surface area contributed by atoms with E-state index in [1.807, 2.05) is 5.38 Å². The number of rotatable bonds is 3. The second-order valence-electron chi connectivity index (χ2n) is 3.03. The van der Waals surface area contributed by atoms with Gasteiger partial charge in [-0.3, -0.25) is 4.79 Å². The zero-order chi connectivity index (χ0) is 10.8. The molecule has 0 saturated heterocycles. The number of hydrogen-bond donors (Lipinski definition) is 1. The van der Waals surface area contributed by atoms with Gasteiger partial charge in [0.2, 0.25) is 0 Å². The van der Waals surface area contributed by atoms with Crippen LogP contribution in [0.5, 0.6) is 0 Å². The lowest BCUT2D eigenvalue weighted by Crippen LogP contribution is -2.01. The molecule has 2 N–H and O–H groups in total. The van der Waals surface area contributed by atoms with Gasteiger partial charge < -0.3 is 5.73 Å². The molecule has 2 aromatic rings. The number of thiazole rings is 1. The highest BCUT2D eigenvalue weighted by Crippen LogP contribution is 2.11. The zero-order valence-corrected chi connectivity index (χ0v) is 8.86. The summed E-state index contributed by atoms with van der Waals surface area (Å²) in [5, 5.41) is 9.91. The van der Waals surface area contributed by atoms with E-state index >= 15 is 0 Å². The number of Topliss-reactive ketones (excluding diaryl/α,β-unsaturated/α-hetero) is 1. The Kier molecular flexibility index (Phi) is 2.46. The van der Waals surface area contributed by atoms with E-state index in [0.717, 1.165) is 5.69 Å². The fraction of sp³-hybridized carbons (Fsp3) is 0.250. The average molecular weight is 223 g/mol. The summed E-state index contributed by atoms with van der Waals surface area (Å²) < 4.78 is 1.56. The van der Waals surface area contributed by atoms with Crippen molar-refractivity contribution in [2.75, 3.05) is 5.73 Å². The van der Waals surface area contributed by atoms with Crippen LogP contribution in [0.1, 0.15) is 23.1 Å². The van der Waals surface area contributed by atoms with Gasteiger partial charge in [0, 0.05) is 12.3 Å². The van der Waals surface area contributed by atoms with Gasteiger partial charge in [-0.25, -0.2) is 9.67 Å². The van der Waals surface area contributed by atoms with Crippen molar-refractivity contribution in [2.45, 2.75) is 13.5 Å². The zero-order valence-electron chi connectivity index (χ0n) is 8.04. The second kappa shape index (κ2) is 3.77. The van der Waals surface area contributed by atoms with Crippen molar-refractivity contribution in [1.29, 1.82) is 0 Å². The number of nitrogens with zero attached hydrogens (tertiary/aromatic N) is 4. The van der Waals surface area contributed by atoms with Crippen molar-refractivity contribution in [2.24, 2.45) is 0 Å². The van der Waals surface area contributed by atoms with Crippen LogP contribution in [0, 0.1) is 0 Å². The van der Waals surface area contributed by atoms with Crippen LogP contribution in [-0.2, 0) is 6.54 Å². The predicted octanol–water partition coefficient (Wildman–Crippen LogP) is 0.568. The lowest BCUT2D eigenvalue weighted by molar-refractivity contribution is 0.101. The minimum atomic E-state index is -0.0981. The highest BCUT2D eigenvalue weighted by atomic mass is 32.1. The molecule has 0 unspecified atom stereocenters. The minimum Gasteiger partial charge on any atom is -0.375 e. The molecule has 6 nitrogen and oxygen atoms in total. The van der Waals surface area contributed by atoms with Gasteiger partial charge in [-0.15, -0.1) is 16.4 Å². The van der Waals surface area contributed by atoms with Gasteiger partial charge in [-0.2, -0.15) is 0 Å². The van der Waals surface area contributed by atoms with E-state index in [-0.39, 0.29) is 5.78 Å². The Morgan fingerprint density at radius 2 is 2.47 bits per heavy atom. The van der Waals surface area contributed by atoms with Gasteiger partial charge in [0.25, 0.3) is 0 Å². The first-order chi connectivity index (χ1) is 7.15. The normalized spacial score (nSPS) is 10.5. The molecule has 15 heavy (non-hydrogen) atoms.